The number of carbonyl (C=O) groups is 1. The Kier molecular flexibility index (Phi) is 7.36. The number of aliphatic hydroxyl groups excluding tert-OH is 1. The molecule has 0 aromatic heterocycles. The topological polar surface area (TPSA) is 73.8 Å². The van der Waals surface area contributed by atoms with E-state index >= 15 is 0 Å². The second kappa shape index (κ2) is 9.98. The largest absolute Gasteiger partial charge is 0.387 e. The van der Waals surface area contributed by atoms with Crippen molar-refractivity contribution in [2.75, 3.05) is 37.7 Å². The predicted molar refractivity (Wildman–Crippen MR) is 125 cm³/mol. The van der Waals surface area contributed by atoms with E-state index in [-0.39, 0.29) is 12.6 Å². The van der Waals surface area contributed by atoms with Crippen molar-refractivity contribution in [2.24, 2.45) is 0 Å². The van der Waals surface area contributed by atoms with Crippen LogP contribution in [0, 0.1) is 0 Å². The summed E-state index contributed by atoms with van der Waals surface area (Å²) >= 11 is 0. The molecule has 1 heterocycles. The van der Waals surface area contributed by atoms with Crippen LogP contribution >= 0.6 is 0 Å². The Bertz CT molecular complexity index is 902. The molecule has 1 aliphatic heterocycles. The molecule has 31 heavy (non-hydrogen) atoms. The molecule has 0 radical (unpaired) electrons. The second-order valence-electron chi connectivity index (χ2n) is 8.53. The molecule has 1 atom stereocenters. The summed E-state index contributed by atoms with van der Waals surface area (Å²) < 4.78 is 5.38. The van der Waals surface area contributed by atoms with Crippen LogP contribution in [0.5, 0.6) is 0 Å². The van der Waals surface area contributed by atoms with E-state index in [4.69, 9.17) is 4.74 Å². The van der Waals surface area contributed by atoms with Crippen molar-refractivity contribution in [1.29, 1.82) is 0 Å². The number of nitrogens with zero attached hydrogens (tertiary/aromatic N) is 1. The zero-order valence-corrected chi connectivity index (χ0v) is 18.6. The van der Waals surface area contributed by atoms with Gasteiger partial charge in [0.15, 0.2) is 0 Å². The first kappa shape index (κ1) is 22.8. The fourth-order valence-corrected chi connectivity index (χ4v) is 3.61. The Labute approximate surface area is 184 Å². The lowest BCUT2D eigenvalue weighted by Gasteiger charge is -2.29. The van der Waals surface area contributed by atoms with Gasteiger partial charge in [-0.15, -0.1) is 0 Å². The Morgan fingerprint density at radius 3 is 2.52 bits per heavy atom. The molecule has 0 spiro atoms. The first-order chi connectivity index (χ1) is 14.8. The molecule has 2 amide bonds. The number of allylic oxidation sites excluding steroid dienone is 1. The third-order valence-electron chi connectivity index (χ3n) is 5.61. The molecule has 1 aliphatic rings. The molecular formula is C25H33N3O3. The molecule has 3 rings (SSSR count). The van der Waals surface area contributed by atoms with Gasteiger partial charge in [-0.2, -0.15) is 0 Å². The van der Waals surface area contributed by atoms with Gasteiger partial charge in [0.05, 0.1) is 24.9 Å². The highest BCUT2D eigenvalue weighted by Gasteiger charge is 2.23. The van der Waals surface area contributed by atoms with E-state index in [0.29, 0.717) is 0 Å². The van der Waals surface area contributed by atoms with Gasteiger partial charge in [-0.25, -0.2) is 4.79 Å². The molecule has 166 valence electrons. The molecular weight excluding hydrogens is 390 g/mol. The maximum absolute atomic E-state index is 12.5. The highest BCUT2D eigenvalue weighted by atomic mass is 16.5. The molecule has 2 aromatic carbocycles. The molecule has 0 aliphatic carbocycles. The third-order valence-corrected chi connectivity index (χ3v) is 5.61. The van der Waals surface area contributed by atoms with E-state index < -0.39 is 11.6 Å². The van der Waals surface area contributed by atoms with Crippen molar-refractivity contribution < 1.29 is 14.6 Å². The molecule has 6 heteroatoms. The molecule has 0 saturated carbocycles. The van der Waals surface area contributed by atoms with Crippen LogP contribution in [0.1, 0.15) is 43.6 Å². The van der Waals surface area contributed by atoms with Crippen LogP contribution in [0.4, 0.5) is 10.5 Å². The number of urea groups is 1. The van der Waals surface area contributed by atoms with Gasteiger partial charge in [-0.3, -0.25) is 0 Å². The van der Waals surface area contributed by atoms with E-state index in [9.17, 15) is 9.90 Å². The zero-order valence-electron chi connectivity index (χ0n) is 18.6. The average molecular weight is 424 g/mol. The number of anilines is 1. The summed E-state index contributed by atoms with van der Waals surface area (Å²) in [5, 5.41) is 16.3. The van der Waals surface area contributed by atoms with Crippen molar-refractivity contribution >= 4 is 17.3 Å². The van der Waals surface area contributed by atoms with E-state index in [1.54, 1.807) is 0 Å². The minimum atomic E-state index is -0.778. The lowest BCUT2D eigenvalue weighted by molar-refractivity contribution is 0.122. The summed E-state index contributed by atoms with van der Waals surface area (Å²) in [7, 11) is 0. The molecule has 1 fully saturated rings. The summed E-state index contributed by atoms with van der Waals surface area (Å²) in [6, 6.07) is 15.5. The molecule has 0 bridgehead atoms. The fraction of sp³-hybridized carbons (Fsp3) is 0.400. The quantitative estimate of drug-likeness (QED) is 0.633. The van der Waals surface area contributed by atoms with Crippen molar-refractivity contribution in [2.45, 2.75) is 32.4 Å². The van der Waals surface area contributed by atoms with Crippen molar-refractivity contribution in [3.63, 3.8) is 0 Å². The fourth-order valence-electron chi connectivity index (χ4n) is 3.61. The smallest absolute Gasteiger partial charge is 0.315 e. The van der Waals surface area contributed by atoms with Gasteiger partial charge in [0.1, 0.15) is 0 Å². The number of aliphatic hydroxyl groups is 1. The second-order valence-corrected chi connectivity index (χ2v) is 8.53. The molecule has 3 N–H and O–H groups in total. The number of carbonyl (C=O) groups excluding carboxylic acids is 1. The van der Waals surface area contributed by atoms with Crippen LogP contribution in [-0.2, 0) is 10.3 Å². The number of rotatable bonds is 7. The number of ether oxygens (including phenoxy) is 1. The first-order valence-electron chi connectivity index (χ1n) is 10.7. The van der Waals surface area contributed by atoms with Gasteiger partial charge < -0.3 is 25.4 Å². The standard InChI is InChI=1S/C25H33N3O3/c1-18(2)20-6-5-7-21(16-20)25(3,4)27-24(30)26-17-23(29)19-8-10-22(11-9-19)28-12-14-31-15-13-28/h5-11,16,23,29H,1,12-15,17H2,2-4H3,(H2,26,27,30). The lowest BCUT2D eigenvalue weighted by Crippen LogP contribution is -2.47. The average Bonchev–Trinajstić information content (AvgIpc) is 2.78. The van der Waals surface area contributed by atoms with Crippen molar-refractivity contribution in [3.8, 4) is 0 Å². The maximum Gasteiger partial charge on any atom is 0.315 e. The van der Waals surface area contributed by atoms with Gasteiger partial charge in [0.25, 0.3) is 0 Å². The van der Waals surface area contributed by atoms with Gasteiger partial charge in [-0.05, 0) is 55.7 Å². The van der Waals surface area contributed by atoms with E-state index in [1.165, 1.54) is 0 Å². The highest BCUT2D eigenvalue weighted by molar-refractivity contribution is 5.75. The molecule has 1 unspecified atom stereocenters. The summed E-state index contributed by atoms with van der Waals surface area (Å²) in [6.45, 7) is 13.2. The highest BCUT2D eigenvalue weighted by Crippen LogP contribution is 2.24. The van der Waals surface area contributed by atoms with Crippen LogP contribution in [0.3, 0.4) is 0 Å². The Morgan fingerprint density at radius 1 is 1.19 bits per heavy atom. The predicted octanol–water partition coefficient (Wildman–Crippen LogP) is 3.82. The van der Waals surface area contributed by atoms with E-state index in [0.717, 1.165) is 54.3 Å². The molecule has 1 saturated heterocycles. The van der Waals surface area contributed by atoms with E-state index in [1.807, 2.05) is 69.3 Å². The number of hydrogen-bond donors (Lipinski definition) is 3. The van der Waals surface area contributed by atoms with Crippen LogP contribution in [-0.4, -0.2) is 44.0 Å². The molecule has 2 aromatic rings. The SMILES string of the molecule is C=C(C)c1cccc(C(C)(C)NC(=O)NCC(O)c2ccc(N3CCOCC3)cc2)c1. The first-order valence-corrected chi connectivity index (χ1v) is 10.7. The Balaban J connectivity index is 1.53. The minimum Gasteiger partial charge on any atom is -0.387 e. The molecule has 6 nitrogen and oxygen atoms in total. The monoisotopic (exact) mass is 423 g/mol. The maximum atomic E-state index is 12.5. The Morgan fingerprint density at radius 2 is 1.87 bits per heavy atom. The van der Waals surface area contributed by atoms with Crippen LogP contribution in [0.15, 0.2) is 55.1 Å². The zero-order chi connectivity index (χ0) is 22.4. The lowest BCUT2D eigenvalue weighted by atomic mass is 9.92. The number of nitrogens with one attached hydrogen (secondary N) is 2. The van der Waals surface area contributed by atoms with Gasteiger partial charge >= 0.3 is 6.03 Å². The summed E-state index contributed by atoms with van der Waals surface area (Å²) in [6.07, 6.45) is -0.778. The van der Waals surface area contributed by atoms with Crippen LogP contribution in [0.2, 0.25) is 0 Å². The van der Waals surface area contributed by atoms with Crippen molar-refractivity contribution in [3.05, 3.63) is 71.8 Å². The normalized spacial score (nSPS) is 15.3. The minimum absolute atomic E-state index is 0.130. The summed E-state index contributed by atoms with van der Waals surface area (Å²) in [5.74, 6) is 0. The van der Waals surface area contributed by atoms with Crippen LogP contribution < -0.4 is 15.5 Å². The summed E-state index contributed by atoms with van der Waals surface area (Å²) in [5.41, 5.74) is 4.32. The van der Waals surface area contributed by atoms with Crippen LogP contribution in [0.25, 0.3) is 5.57 Å². The number of benzene rings is 2. The van der Waals surface area contributed by atoms with Gasteiger partial charge in [-0.1, -0.05) is 42.5 Å². The van der Waals surface area contributed by atoms with Crippen molar-refractivity contribution in [1.82, 2.24) is 10.6 Å². The Hall–Kier alpha value is -2.83. The third kappa shape index (κ3) is 6.09. The van der Waals surface area contributed by atoms with E-state index in [2.05, 4.69) is 22.1 Å². The van der Waals surface area contributed by atoms with Gasteiger partial charge in [0.2, 0.25) is 0 Å². The van der Waals surface area contributed by atoms with Gasteiger partial charge in [0, 0.05) is 25.3 Å². The number of hydrogen-bond acceptors (Lipinski definition) is 4. The number of amides is 2. The summed E-state index contributed by atoms with van der Waals surface area (Å²) in [4.78, 5) is 14.7. The number of morpholine rings is 1.